The van der Waals surface area contributed by atoms with E-state index < -0.39 is 5.97 Å². The van der Waals surface area contributed by atoms with E-state index in [0.29, 0.717) is 30.4 Å². The summed E-state index contributed by atoms with van der Waals surface area (Å²) in [7, 11) is 0. The van der Waals surface area contributed by atoms with Crippen LogP contribution in [0.1, 0.15) is 49.5 Å². The number of unbranched alkanes of at least 4 members (excludes halogenated alkanes) is 1. The van der Waals surface area contributed by atoms with Crippen molar-refractivity contribution in [2.45, 2.75) is 33.6 Å². The maximum absolute atomic E-state index is 12.7. The fourth-order valence-corrected chi connectivity index (χ4v) is 2.41. The van der Waals surface area contributed by atoms with E-state index in [0.717, 1.165) is 18.4 Å². The molecule has 5 nitrogen and oxygen atoms in total. The first-order valence-electron chi connectivity index (χ1n) is 9.97. The molecule has 2 aromatic rings. The van der Waals surface area contributed by atoms with Gasteiger partial charge in [0.25, 0.3) is 5.91 Å². The minimum atomic E-state index is -0.549. The Hall–Kier alpha value is -3.08. The standard InChI is InChI=1S/C24H29NO4/c1-4-5-15-28-24(27)22(16-19-9-7-6-8-10-19)25-23(26)20-11-13-21(14-12-20)29-17-18(2)3/h6-14,16,18H,4-5,15,17H2,1-3H3,(H,25,26)/b22-16+. The summed E-state index contributed by atoms with van der Waals surface area (Å²) in [5, 5.41) is 2.68. The van der Waals surface area contributed by atoms with Gasteiger partial charge in [0.2, 0.25) is 0 Å². The molecule has 0 aliphatic carbocycles. The van der Waals surface area contributed by atoms with Crippen LogP contribution in [0.3, 0.4) is 0 Å². The van der Waals surface area contributed by atoms with Gasteiger partial charge in [-0.1, -0.05) is 57.5 Å². The SMILES string of the molecule is CCCCOC(=O)/C(=C\c1ccccc1)NC(=O)c1ccc(OCC(C)C)cc1. The van der Waals surface area contributed by atoms with Gasteiger partial charge in [-0.05, 0) is 48.2 Å². The molecule has 1 N–H and O–H groups in total. The zero-order valence-corrected chi connectivity index (χ0v) is 17.3. The lowest BCUT2D eigenvalue weighted by Gasteiger charge is -2.11. The van der Waals surface area contributed by atoms with Crippen molar-refractivity contribution in [2.24, 2.45) is 5.92 Å². The number of nitrogens with one attached hydrogen (secondary N) is 1. The van der Waals surface area contributed by atoms with Crippen LogP contribution >= 0.6 is 0 Å². The van der Waals surface area contributed by atoms with Crippen LogP contribution in [0.5, 0.6) is 5.75 Å². The van der Waals surface area contributed by atoms with Crippen molar-refractivity contribution < 1.29 is 19.1 Å². The topological polar surface area (TPSA) is 64.6 Å². The van der Waals surface area contributed by atoms with Crippen molar-refractivity contribution in [3.05, 3.63) is 71.4 Å². The maximum atomic E-state index is 12.7. The minimum Gasteiger partial charge on any atom is -0.493 e. The Labute approximate surface area is 172 Å². The second kappa shape index (κ2) is 11.7. The molecule has 154 valence electrons. The van der Waals surface area contributed by atoms with E-state index in [1.807, 2.05) is 37.3 Å². The summed E-state index contributed by atoms with van der Waals surface area (Å²) in [5.74, 6) is 0.194. The van der Waals surface area contributed by atoms with Crippen molar-refractivity contribution in [1.29, 1.82) is 0 Å². The number of ether oxygens (including phenoxy) is 2. The normalized spacial score (nSPS) is 11.2. The fourth-order valence-electron chi connectivity index (χ4n) is 2.41. The van der Waals surface area contributed by atoms with E-state index in [9.17, 15) is 9.59 Å². The van der Waals surface area contributed by atoms with Gasteiger partial charge in [-0.25, -0.2) is 4.79 Å². The summed E-state index contributed by atoms with van der Waals surface area (Å²) in [5.41, 5.74) is 1.34. The summed E-state index contributed by atoms with van der Waals surface area (Å²) in [6, 6.07) is 16.2. The van der Waals surface area contributed by atoms with Gasteiger partial charge >= 0.3 is 5.97 Å². The molecule has 0 unspecified atom stereocenters. The Morgan fingerprint density at radius 2 is 1.72 bits per heavy atom. The van der Waals surface area contributed by atoms with Crippen molar-refractivity contribution in [3.8, 4) is 5.75 Å². The molecule has 29 heavy (non-hydrogen) atoms. The Kier molecular flexibility index (Phi) is 8.96. The molecular formula is C24H29NO4. The lowest BCUT2D eigenvalue weighted by atomic mass is 10.1. The van der Waals surface area contributed by atoms with Crippen LogP contribution in [-0.4, -0.2) is 25.1 Å². The molecule has 0 aliphatic heterocycles. The van der Waals surface area contributed by atoms with Crippen molar-refractivity contribution in [2.75, 3.05) is 13.2 Å². The Bertz CT molecular complexity index is 811. The molecule has 0 aliphatic rings. The molecule has 0 aromatic heterocycles. The molecule has 0 saturated heterocycles. The number of carbonyl (C=O) groups excluding carboxylic acids is 2. The summed E-state index contributed by atoms with van der Waals surface area (Å²) in [4.78, 5) is 25.1. The molecule has 2 aromatic carbocycles. The van der Waals surface area contributed by atoms with Gasteiger partial charge in [0.05, 0.1) is 13.2 Å². The van der Waals surface area contributed by atoms with Crippen LogP contribution in [0.15, 0.2) is 60.3 Å². The zero-order chi connectivity index (χ0) is 21.1. The quantitative estimate of drug-likeness (QED) is 0.355. The van der Waals surface area contributed by atoms with E-state index in [2.05, 4.69) is 19.2 Å². The van der Waals surface area contributed by atoms with Crippen molar-refractivity contribution in [1.82, 2.24) is 5.32 Å². The highest BCUT2D eigenvalue weighted by Gasteiger charge is 2.16. The van der Waals surface area contributed by atoms with Gasteiger partial charge < -0.3 is 14.8 Å². The predicted octanol–water partition coefficient (Wildman–Crippen LogP) is 4.84. The number of rotatable bonds is 10. The summed E-state index contributed by atoms with van der Waals surface area (Å²) in [6.07, 6.45) is 3.31. The second-order valence-electron chi connectivity index (χ2n) is 7.14. The third-order valence-electron chi connectivity index (χ3n) is 4.01. The Balaban J connectivity index is 2.11. The number of esters is 1. The average Bonchev–Trinajstić information content (AvgIpc) is 2.73. The number of hydrogen-bond acceptors (Lipinski definition) is 4. The van der Waals surface area contributed by atoms with Gasteiger partial charge in [0.15, 0.2) is 0 Å². The molecule has 0 spiro atoms. The first-order valence-corrected chi connectivity index (χ1v) is 9.97. The molecule has 0 fully saturated rings. The number of hydrogen-bond donors (Lipinski definition) is 1. The van der Waals surface area contributed by atoms with Crippen LogP contribution in [-0.2, 0) is 9.53 Å². The van der Waals surface area contributed by atoms with Crippen LogP contribution in [0.4, 0.5) is 0 Å². The molecule has 2 rings (SSSR count). The maximum Gasteiger partial charge on any atom is 0.354 e. The van der Waals surface area contributed by atoms with Gasteiger partial charge in [0, 0.05) is 5.56 Å². The number of carbonyl (C=O) groups is 2. The highest BCUT2D eigenvalue weighted by atomic mass is 16.5. The summed E-state index contributed by atoms with van der Waals surface area (Å²) >= 11 is 0. The molecule has 0 saturated carbocycles. The predicted molar refractivity (Wildman–Crippen MR) is 115 cm³/mol. The summed E-state index contributed by atoms with van der Waals surface area (Å²) < 4.78 is 10.9. The molecule has 1 amide bonds. The lowest BCUT2D eigenvalue weighted by Crippen LogP contribution is -2.28. The smallest absolute Gasteiger partial charge is 0.354 e. The third kappa shape index (κ3) is 7.82. The molecule has 0 bridgehead atoms. The fraction of sp³-hybridized carbons (Fsp3) is 0.333. The van der Waals surface area contributed by atoms with E-state index in [1.54, 1.807) is 30.3 Å². The van der Waals surface area contributed by atoms with Gasteiger partial charge in [0.1, 0.15) is 11.4 Å². The molecule has 0 radical (unpaired) electrons. The van der Waals surface area contributed by atoms with Crippen LogP contribution in [0, 0.1) is 5.92 Å². The first-order chi connectivity index (χ1) is 14.0. The highest BCUT2D eigenvalue weighted by molar-refractivity contribution is 6.03. The molecule has 0 heterocycles. The molecule has 5 heteroatoms. The van der Waals surface area contributed by atoms with Gasteiger partial charge in [-0.2, -0.15) is 0 Å². The zero-order valence-electron chi connectivity index (χ0n) is 17.3. The molecule has 0 atom stereocenters. The monoisotopic (exact) mass is 395 g/mol. The summed E-state index contributed by atoms with van der Waals surface area (Å²) in [6.45, 7) is 7.09. The van der Waals surface area contributed by atoms with Crippen LogP contribution in [0.25, 0.3) is 6.08 Å². The number of benzene rings is 2. The third-order valence-corrected chi connectivity index (χ3v) is 4.01. The first kappa shape index (κ1) is 22.2. The van der Waals surface area contributed by atoms with Gasteiger partial charge in [-0.15, -0.1) is 0 Å². The Morgan fingerprint density at radius 1 is 1.03 bits per heavy atom. The van der Waals surface area contributed by atoms with E-state index in [4.69, 9.17) is 9.47 Å². The van der Waals surface area contributed by atoms with Crippen LogP contribution in [0.2, 0.25) is 0 Å². The largest absolute Gasteiger partial charge is 0.493 e. The Morgan fingerprint density at radius 3 is 2.34 bits per heavy atom. The minimum absolute atomic E-state index is 0.109. The van der Waals surface area contributed by atoms with E-state index in [-0.39, 0.29) is 11.6 Å². The van der Waals surface area contributed by atoms with Crippen molar-refractivity contribution in [3.63, 3.8) is 0 Å². The van der Waals surface area contributed by atoms with Crippen molar-refractivity contribution >= 4 is 18.0 Å². The number of amides is 1. The lowest BCUT2D eigenvalue weighted by molar-refractivity contribution is -0.139. The average molecular weight is 395 g/mol. The highest BCUT2D eigenvalue weighted by Crippen LogP contribution is 2.14. The van der Waals surface area contributed by atoms with Gasteiger partial charge in [-0.3, -0.25) is 4.79 Å². The van der Waals surface area contributed by atoms with E-state index >= 15 is 0 Å². The molecular weight excluding hydrogens is 366 g/mol. The van der Waals surface area contributed by atoms with E-state index in [1.165, 1.54) is 0 Å². The second-order valence-corrected chi connectivity index (χ2v) is 7.14. The van der Waals surface area contributed by atoms with Crippen LogP contribution < -0.4 is 10.1 Å².